The smallest absolute Gasteiger partial charge is 0.220 e. The van der Waals surface area contributed by atoms with Gasteiger partial charge in [-0.05, 0) is 68.2 Å². The van der Waals surface area contributed by atoms with Gasteiger partial charge in [0.25, 0.3) is 0 Å². The first kappa shape index (κ1) is 13.6. The van der Waals surface area contributed by atoms with E-state index in [1.54, 1.807) is 0 Å². The Morgan fingerprint density at radius 1 is 0.875 bits per heavy atom. The summed E-state index contributed by atoms with van der Waals surface area (Å²) in [4.78, 5) is 4.95. The lowest BCUT2D eigenvalue weighted by Gasteiger charge is -2.09. The fourth-order valence-electron chi connectivity index (χ4n) is 3.69. The van der Waals surface area contributed by atoms with Crippen LogP contribution in [0.2, 0.25) is 0 Å². The van der Waals surface area contributed by atoms with Crippen LogP contribution in [0, 0.1) is 13.8 Å². The van der Waals surface area contributed by atoms with Crippen molar-refractivity contribution in [2.45, 2.75) is 26.7 Å². The van der Waals surface area contributed by atoms with Crippen LogP contribution < -0.4 is 0 Å². The Labute approximate surface area is 140 Å². The Kier molecular flexibility index (Phi) is 2.75. The van der Waals surface area contributed by atoms with Crippen LogP contribution in [0.3, 0.4) is 0 Å². The van der Waals surface area contributed by atoms with Crippen LogP contribution in [-0.4, -0.2) is 14.0 Å². The van der Waals surface area contributed by atoms with E-state index in [-0.39, 0.29) is 0 Å². The second-order valence-electron chi connectivity index (χ2n) is 6.68. The van der Waals surface area contributed by atoms with Gasteiger partial charge in [-0.2, -0.15) is 0 Å². The highest BCUT2D eigenvalue weighted by Crippen LogP contribution is 2.31. The summed E-state index contributed by atoms with van der Waals surface area (Å²) in [6.45, 7) is 4.28. The Morgan fingerprint density at radius 3 is 2.46 bits per heavy atom. The van der Waals surface area contributed by atoms with Crippen LogP contribution in [0.15, 0.2) is 54.6 Å². The molecule has 0 radical (unpaired) electrons. The Balaban J connectivity index is 2.01. The van der Waals surface area contributed by atoms with Crippen molar-refractivity contribution < 1.29 is 0 Å². The minimum absolute atomic E-state index is 0.994. The molecule has 4 aromatic rings. The number of hydrogen-bond donors (Lipinski definition) is 0. The van der Waals surface area contributed by atoms with Crippen LogP contribution in [0.1, 0.15) is 24.0 Å². The SMILES string of the molecule is Cc1ccc2nc3n(C4=CCCC=C4)c4ccc(C)cc4n3c2c1. The van der Waals surface area contributed by atoms with Crippen LogP contribution in [0.25, 0.3) is 33.5 Å². The van der Waals surface area contributed by atoms with Crippen LogP contribution in [0.4, 0.5) is 0 Å². The molecule has 0 aliphatic heterocycles. The predicted molar refractivity (Wildman–Crippen MR) is 100 cm³/mol. The lowest BCUT2D eigenvalue weighted by molar-refractivity contribution is 1.01. The summed E-state index contributed by atoms with van der Waals surface area (Å²) in [6.07, 6.45) is 8.98. The first-order valence-corrected chi connectivity index (χ1v) is 8.49. The summed E-state index contributed by atoms with van der Waals surface area (Å²) in [7, 11) is 0. The van der Waals surface area contributed by atoms with Crippen LogP contribution in [0.5, 0.6) is 0 Å². The molecule has 0 spiro atoms. The van der Waals surface area contributed by atoms with Gasteiger partial charge in [0.2, 0.25) is 5.78 Å². The molecule has 2 aromatic heterocycles. The number of hydrogen-bond acceptors (Lipinski definition) is 1. The van der Waals surface area contributed by atoms with Crippen molar-refractivity contribution in [3.63, 3.8) is 0 Å². The molecule has 0 atom stereocenters. The van der Waals surface area contributed by atoms with Gasteiger partial charge in [-0.3, -0.25) is 8.97 Å². The van der Waals surface area contributed by atoms with Crippen molar-refractivity contribution in [3.05, 3.63) is 65.8 Å². The van der Waals surface area contributed by atoms with E-state index in [1.165, 1.54) is 33.4 Å². The average molecular weight is 313 g/mol. The summed E-state index contributed by atoms with van der Waals surface area (Å²) < 4.78 is 4.59. The van der Waals surface area contributed by atoms with E-state index < -0.39 is 0 Å². The molecule has 118 valence electrons. The van der Waals surface area contributed by atoms with Crippen LogP contribution in [-0.2, 0) is 0 Å². The minimum Gasteiger partial charge on any atom is -0.278 e. The number of nitrogens with zero attached hydrogens (tertiary/aromatic N) is 3. The third-order valence-corrected chi connectivity index (χ3v) is 4.84. The molecule has 0 saturated heterocycles. The molecular formula is C21H19N3. The summed E-state index contributed by atoms with van der Waals surface area (Å²) >= 11 is 0. The van der Waals surface area contributed by atoms with Crippen molar-refractivity contribution in [2.24, 2.45) is 0 Å². The van der Waals surface area contributed by atoms with Gasteiger partial charge in [0.05, 0.1) is 22.1 Å². The van der Waals surface area contributed by atoms with Crippen molar-refractivity contribution in [3.8, 4) is 0 Å². The molecule has 1 aliphatic rings. The third kappa shape index (κ3) is 1.81. The standard InChI is InChI=1S/C21H19N3/c1-14-8-10-17-19(12-14)24-20-13-15(2)9-11-18(20)23(21(24)22-17)16-6-4-3-5-7-16/h4,6-13H,3,5H2,1-2H3. The number of aryl methyl sites for hydroxylation is 2. The van der Waals surface area contributed by atoms with Gasteiger partial charge in [-0.15, -0.1) is 0 Å². The molecule has 2 aromatic carbocycles. The highest BCUT2D eigenvalue weighted by molar-refractivity contribution is 5.94. The number of fused-ring (bicyclic) bond motifs is 5. The maximum atomic E-state index is 4.95. The highest BCUT2D eigenvalue weighted by Gasteiger charge is 2.18. The highest BCUT2D eigenvalue weighted by atomic mass is 15.2. The molecule has 0 bridgehead atoms. The predicted octanol–water partition coefficient (Wildman–Crippen LogP) is 5.25. The number of benzene rings is 2. The number of imidazole rings is 2. The molecule has 24 heavy (non-hydrogen) atoms. The number of allylic oxidation sites excluding steroid dienone is 4. The van der Waals surface area contributed by atoms with Crippen LogP contribution >= 0.6 is 0 Å². The van der Waals surface area contributed by atoms with Crippen molar-refractivity contribution in [1.29, 1.82) is 0 Å². The molecule has 0 N–H and O–H groups in total. The molecule has 1 aliphatic carbocycles. The summed E-state index contributed by atoms with van der Waals surface area (Å²) in [5, 5.41) is 0. The van der Waals surface area contributed by atoms with Crippen molar-refractivity contribution in [2.75, 3.05) is 0 Å². The monoisotopic (exact) mass is 313 g/mol. The summed E-state index contributed by atoms with van der Waals surface area (Å²) in [6, 6.07) is 13.1. The molecule has 0 amide bonds. The van der Waals surface area contributed by atoms with Gasteiger partial charge in [0.1, 0.15) is 0 Å². The number of aromatic nitrogens is 3. The molecular weight excluding hydrogens is 294 g/mol. The largest absolute Gasteiger partial charge is 0.278 e. The molecule has 0 unspecified atom stereocenters. The van der Waals surface area contributed by atoms with Gasteiger partial charge < -0.3 is 0 Å². The topological polar surface area (TPSA) is 22.2 Å². The van der Waals surface area contributed by atoms with Crippen molar-refractivity contribution in [1.82, 2.24) is 14.0 Å². The zero-order valence-electron chi connectivity index (χ0n) is 14.0. The maximum Gasteiger partial charge on any atom is 0.220 e. The second-order valence-corrected chi connectivity index (χ2v) is 6.68. The average Bonchev–Trinajstić information content (AvgIpc) is 3.09. The van der Waals surface area contributed by atoms with E-state index in [0.29, 0.717) is 0 Å². The Hall–Kier alpha value is -2.81. The minimum atomic E-state index is 0.994. The molecule has 0 saturated carbocycles. The second kappa shape index (κ2) is 4.84. The lowest BCUT2D eigenvalue weighted by Crippen LogP contribution is -1.98. The normalized spacial score (nSPS) is 14.8. The van der Waals surface area contributed by atoms with E-state index >= 15 is 0 Å². The van der Waals surface area contributed by atoms with Gasteiger partial charge in [-0.1, -0.05) is 24.3 Å². The van der Waals surface area contributed by atoms with E-state index in [1.807, 2.05) is 0 Å². The molecule has 2 heterocycles. The molecule has 3 nitrogen and oxygen atoms in total. The fourth-order valence-corrected chi connectivity index (χ4v) is 3.69. The van der Waals surface area contributed by atoms with E-state index in [2.05, 4.69) is 77.4 Å². The summed E-state index contributed by atoms with van der Waals surface area (Å²) in [5.41, 5.74) is 8.41. The Morgan fingerprint density at radius 2 is 1.67 bits per heavy atom. The fraction of sp³-hybridized carbons (Fsp3) is 0.190. The van der Waals surface area contributed by atoms with E-state index in [9.17, 15) is 0 Å². The van der Waals surface area contributed by atoms with Gasteiger partial charge in [0, 0.05) is 5.70 Å². The van der Waals surface area contributed by atoms with Gasteiger partial charge in [-0.25, -0.2) is 4.98 Å². The van der Waals surface area contributed by atoms with Gasteiger partial charge in [0.15, 0.2) is 0 Å². The van der Waals surface area contributed by atoms with E-state index in [0.717, 1.165) is 24.1 Å². The zero-order valence-corrected chi connectivity index (χ0v) is 14.0. The third-order valence-electron chi connectivity index (χ3n) is 4.84. The zero-order chi connectivity index (χ0) is 16.3. The first-order chi connectivity index (χ1) is 11.7. The van der Waals surface area contributed by atoms with E-state index in [4.69, 9.17) is 4.98 Å². The first-order valence-electron chi connectivity index (χ1n) is 8.49. The summed E-state index contributed by atoms with van der Waals surface area (Å²) in [5.74, 6) is 0.994. The molecule has 3 heteroatoms. The molecule has 5 rings (SSSR count). The number of rotatable bonds is 1. The quantitative estimate of drug-likeness (QED) is 0.470. The maximum absolute atomic E-state index is 4.95. The Bertz CT molecular complexity index is 1170. The molecule has 0 fully saturated rings. The van der Waals surface area contributed by atoms with Gasteiger partial charge >= 0.3 is 0 Å². The van der Waals surface area contributed by atoms with Crippen molar-refractivity contribution >= 4 is 33.5 Å². The lowest BCUT2D eigenvalue weighted by atomic mass is 10.1.